The summed E-state index contributed by atoms with van der Waals surface area (Å²) in [6.07, 6.45) is 0. The van der Waals surface area contributed by atoms with Gasteiger partial charge >= 0.3 is 0 Å². The Kier molecular flexibility index (Phi) is 3.31. The normalized spacial score (nSPS) is 15.4. The van der Waals surface area contributed by atoms with Crippen molar-refractivity contribution in [2.24, 2.45) is 0 Å². The Morgan fingerprint density at radius 3 is 1.80 bits per heavy atom. The average molecular weight is 586 g/mol. The molecule has 0 bridgehead atoms. The third-order valence-electron chi connectivity index (χ3n) is 8.58. The number of furan rings is 1. The Hall–Kier alpha value is -6.06. The van der Waals surface area contributed by atoms with Crippen molar-refractivity contribution >= 4 is 65.6 Å². The summed E-state index contributed by atoms with van der Waals surface area (Å²) in [5.41, 5.74) is 3.22. The summed E-state index contributed by atoms with van der Waals surface area (Å²) in [4.78, 5) is 0. The van der Waals surface area contributed by atoms with Crippen LogP contribution in [0.2, 0.25) is 0 Å². The topological polar surface area (TPSA) is 23.0 Å². The predicted octanol–water partition coefficient (Wildman–Crippen LogP) is 11.4. The van der Waals surface area contributed by atoms with Crippen LogP contribution < -0.4 is 0 Å². The summed E-state index contributed by atoms with van der Waals surface area (Å²) < 4.78 is 107. The highest BCUT2D eigenvalue weighted by molar-refractivity contribution is 6.17. The summed E-state index contributed by atoms with van der Waals surface area (Å²) in [6, 6.07) is 23.6. The molecular formula is C42H26N2O. The molecule has 7 aromatic carbocycles. The summed E-state index contributed by atoms with van der Waals surface area (Å²) in [6.45, 7) is 0. The van der Waals surface area contributed by atoms with Gasteiger partial charge in [0.25, 0.3) is 0 Å². The Morgan fingerprint density at radius 1 is 0.467 bits per heavy atom. The molecule has 3 aromatic heterocycles. The molecule has 0 aliphatic heterocycles. The highest BCUT2D eigenvalue weighted by Crippen LogP contribution is 2.44. The lowest BCUT2D eigenvalue weighted by molar-refractivity contribution is 0.669. The van der Waals surface area contributed by atoms with Crippen LogP contribution in [0.4, 0.5) is 0 Å². The first-order valence-electron chi connectivity index (χ1n) is 20.0. The lowest BCUT2D eigenvalue weighted by atomic mass is 9.99. The van der Waals surface area contributed by atoms with Crippen molar-refractivity contribution in [3.05, 3.63) is 157 Å². The van der Waals surface area contributed by atoms with Crippen molar-refractivity contribution in [3.63, 3.8) is 0 Å². The highest BCUT2D eigenvalue weighted by Gasteiger charge is 2.22. The fraction of sp³-hybridized carbons (Fsp3) is 0. The molecule has 0 aliphatic rings. The molecule has 0 radical (unpaired) electrons. The zero-order chi connectivity index (χ0) is 39.1. The Morgan fingerprint density at radius 2 is 1.07 bits per heavy atom. The van der Waals surface area contributed by atoms with Crippen molar-refractivity contribution in [1.82, 2.24) is 9.13 Å². The van der Waals surface area contributed by atoms with Gasteiger partial charge in [0.15, 0.2) is 0 Å². The molecule has 0 N–H and O–H groups in total. The second-order valence-corrected chi connectivity index (χ2v) is 10.9. The van der Waals surface area contributed by atoms with Gasteiger partial charge in [0, 0.05) is 38.2 Å². The maximum absolute atomic E-state index is 9.44. The number of hydrogen-bond acceptors (Lipinski definition) is 1. The Bertz CT molecular complexity index is 3310. The van der Waals surface area contributed by atoms with Crippen LogP contribution in [-0.2, 0) is 0 Å². The van der Waals surface area contributed by atoms with Crippen molar-refractivity contribution in [3.8, 4) is 22.5 Å². The quantitative estimate of drug-likeness (QED) is 0.202. The number of para-hydroxylation sites is 4. The van der Waals surface area contributed by atoms with Gasteiger partial charge in [-0.15, -0.1) is 0 Å². The van der Waals surface area contributed by atoms with Crippen LogP contribution >= 0.6 is 0 Å². The van der Waals surface area contributed by atoms with E-state index in [9.17, 15) is 2.74 Å². The van der Waals surface area contributed by atoms with Gasteiger partial charge in [-0.2, -0.15) is 0 Å². The lowest BCUT2D eigenvalue weighted by Crippen LogP contribution is -1.99. The molecule has 3 heteroatoms. The van der Waals surface area contributed by atoms with E-state index >= 15 is 0 Å². The van der Waals surface area contributed by atoms with Crippen LogP contribution in [0.5, 0.6) is 0 Å². The van der Waals surface area contributed by atoms with Crippen LogP contribution in [0.15, 0.2) is 162 Å². The van der Waals surface area contributed by atoms with Crippen LogP contribution in [0.25, 0.3) is 88.1 Å². The second-order valence-electron chi connectivity index (χ2n) is 10.9. The summed E-state index contributed by atoms with van der Waals surface area (Å²) in [5, 5.41) is 3.72. The molecule has 0 unspecified atom stereocenters. The Balaban J connectivity index is 1.43. The van der Waals surface area contributed by atoms with Gasteiger partial charge in [0.2, 0.25) is 0 Å². The largest absolute Gasteiger partial charge is 0.456 e. The van der Waals surface area contributed by atoms with E-state index in [4.69, 9.17) is 16.8 Å². The first kappa shape index (κ1) is 16.1. The maximum atomic E-state index is 9.44. The van der Waals surface area contributed by atoms with E-state index in [0.29, 0.717) is 11.0 Å². The number of fused-ring (bicyclic) bond motifs is 9. The molecular weight excluding hydrogens is 548 g/mol. The molecule has 0 saturated carbocycles. The fourth-order valence-electron chi connectivity index (χ4n) is 6.76. The number of aromatic nitrogens is 2. The zero-order valence-corrected chi connectivity index (χ0v) is 23.5. The molecule has 0 aliphatic carbocycles. The Labute approximate surface area is 274 Å². The standard InChI is InChI=1S/C42H26N2O/c1-2-12-27(13-3-1)29-23-25-40-41(33-17-7-11-21-39(33)45-40)42(29)44-37-20-10-6-16-32(37)34-26-28(22-24-38(34)44)43-35-18-8-4-14-30(35)31-15-5-9-19-36(31)43/h1-26H/i1D,2D,3D,7D,11D,12D,13D,17D,21D,23D,25D. The van der Waals surface area contributed by atoms with E-state index in [0.717, 1.165) is 38.3 Å². The molecule has 0 amide bonds. The SMILES string of the molecule is [2H]c1c([2H])c([2H])c(-c2c([2H])c([2H])c3oc4c([2H])c([2H])c([2H])c([2H])c4c3c2-n2c3ccccc3c3cc(-n4c5ccccc5c5ccccc54)ccc32)c([2H])c1[2H]. The molecule has 10 aromatic rings. The number of rotatable bonds is 3. The van der Waals surface area contributed by atoms with Gasteiger partial charge in [0.1, 0.15) is 11.2 Å². The number of benzene rings is 7. The van der Waals surface area contributed by atoms with Gasteiger partial charge in [-0.1, -0.05) is 103 Å². The fourth-order valence-corrected chi connectivity index (χ4v) is 6.76. The van der Waals surface area contributed by atoms with Crippen molar-refractivity contribution in [2.45, 2.75) is 0 Å². The highest BCUT2D eigenvalue weighted by atomic mass is 16.3. The summed E-state index contributed by atoms with van der Waals surface area (Å²) in [5.74, 6) is 0. The maximum Gasteiger partial charge on any atom is 0.137 e. The van der Waals surface area contributed by atoms with Crippen molar-refractivity contribution < 1.29 is 19.5 Å². The van der Waals surface area contributed by atoms with Crippen molar-refractivity contribution in [2.75, 3.05) is 0 Å². The molecule has 3 nitrogen and oxygen atoms in total. The van der Waals surface area contributed by atoms with E-state index < -0.39 is 66.5 Å². The molecule has 0 atom stereocenters. The van der Waals surface area contributed by atoms with Gasteiger partial charge < -0.3 is 13.6 Å². The summed E-state index contributed by atoms with van der Waals surface area (Å²) in [7, 11) is 0. The molecule has 10 rings (SSSR count). The van der Waals surface area contributed by atoms with Crippen LogP contribution in [-0.4, -0.2) is 9.13 Å². The molecule has 45 heavy (non-hydrogen) atoms. The molecule has 210 valence electrons. The molecule has 0 saturated heterocycles. The number of nitrogens with zero attached hydrogens (tertiary/aromatic N) is 2. The van der Waals surface area contributed by atoms with E-state index in [1.54, 1.807) is 4.57 Å². The van der Waals surface area contributed by atoms with Gasteiger partial charge in [-0.25, -0.2) is 0 Å². The number of hydrogen-bond donors (Lipinski definition) is 0. The van der Waals surface area contributed by atoms with Gasteiger partial charge in [-0.05, 0) is 60.1 Å². The molecule has 0 fully saturated rings. The van der Waals surface area contributed by atoms with Gasteiger partial charge in [0.05, 0.1) is 48.2 Å². The van der Waals surface area contributed by atoms with Crippen LogP contribution in [0, 0.1) is 0 Å². The smallest absolute Gasteiger partial charge is 0.137 e. The molecule has 3 heterocycles. The molecule has 0 spiro atoms. The third kappa shape index (κ3) is 3.41. The minimum Gasteiger partial charge on any atom is -0.456 e. The zero-order valence-electron chi connectivity index (χ0n) is 34.5. The van der Waals surface area contributed by atoms with E-state index in [2.05, 4.69) is 34.9 Å². The predicted molar refractivity (Wildman–Crippen MR) is 188 cm³/mol. The first-order valence-corrected chi connectivity index (χ1v) is 14.5. The monoisotopic (exact) mass is 585 g/mol. The van der Waals surface area contributed by atoms with E-state index in [1.807, 2.05) is 60.7 Å². The van der Waals surface area contributed by atoms with Crippen molar-refractivity contribution in [1.29, 1.82) is 0 Å². The first-order chi connectivity index (χ1) is 26.9. The third-order valence-corrected chi connectivity index (χ3v) is 8.58. The average Bonchev–Trinajstić information content (AvgIpc) is 3.88. The summed E-state index contributed by atoms with van der Waals surface area (Å²) >= 11 is 0. The van der Waals surface area contributed by atoms with E-state index in [1.165, 1.54) is 0 Å². The van der Waals surface area contributed by atoms with Crippen LogP contribution in [0.1, 0.15) is 15.1 Å². The van der Waals surface area contributed by atoms with Crippen LogP contribution in [0.3, 0.4) is 0 Å². The lowest BCUT2D eigenvalue weighted by Gasteiger charge is -2.16. The van der Waals surface area contributed by atoms with E-state index in [-0.39, 0.29) is 38.8 Å². The minimum atomic E-state index is -0.630. The van der Waals surface area contributed by atoms with Gasteiger partial charge in [-0.3, -0.25) is 0 Å². The minimum absolute atomic E-state index is 0.0453. The second kappa shape index (κ2) is 9.22.